The molecular formula is C25H28ClNO3. The SMILES string of the molecule is C#Cc1cccc(Nc2cccc3cc(CCCOC)c(OCCOC)cc23)c1.Cl. The Kier molecular flexibility index (Phi) is 9.50. The Morgan fingerprint density at radius 1 is 0.933 bits per heavy atom. The second kappa shape index (κ2) is 12.1. The average Bonchev–Trinajstić information content (AvgIpc) is 2.75. The summed E-state index contributed by atoms with van der Waals surface area (Å²) in [5.74, 6) is 3.56. The molecule has 3 aromatic carbocycles. The predicted molar refractivity (Wildman–Crippen MR) is 126 cm³/mol. The highest BCUT2D eigenvalue weighted by molar-refractivity contribution is 5.97. The van der Waals surface area contributed by atoms with Gasteiger partial charge in [0.05, 0.1) is 6.61 Å². The van der Waals surface area contributed by atoms with Crippen LogP contribution in [0.2, 0.25) is 0 Å². The minimum atomic E-state index is 0. The van der Waals surface area contributed by atoms with Crippen LogP contribution in [0.4, 0.5) is 11.4 Å². The molecule has 0 bridgehead atoms. The fraction of sp³-hybridized carbons (Fsp3) is 0.280. The molecule has 0 aliphatic heterocycles. The molecule has 3 aromatic rings. The van der Waals surface area contributed by atoms with E-state index in [1.165, 1.54) is 5.56 Å². The van der Waals surface area contributed by atoms with Gasteiger partial charge in [0.1, 0.15) is 12.4 Å². The molecule has 0 amide bonds. The molecule has 1 N–H and O–H groups in total. The monoisotopic (exact) mass is 425 g/mol. The van der Waals surface area contributed by atoms with Crippen molar-refractivity contribution in [1.82, 2.24) is 0 Å². The van der Waals surface area contributed by atoms with Crippen molar-refractivity contribution in [3.63, 3.8) is 0 Å². The predicted octanol–water partition coefficient (Wildman–Crippen LogP) is 5.59. The van der Waals surface area contributed by atoms with Crippen LogP contribution in [0.1, 0.15) is 17.5 Å². The van der Waals surface area contributed by atoms with Crippen molar-refractivity contribution in [2.75, 3.05) is 39.4 Å². The van der Waals surface area contributed by atoms with Crippen molar-refractivity contribution in [1.29, 1.82) is 0 Å². The van der Waals surface area contributed by atoms with E-state index in [4.69, 9.17) is 20.6 Å². The van der Waals surface area contributed by atoms with Gasteiger partial charge in [-0.15, -0.1) is 18.8 Å². The quantitative estimate of drug-likeness (QED) is 0.339. The van der Waals surface area contributed by atoms with E-state index in [0.29, 0.717) is 13.2 Å². The number of ether oxygens (including phenoxy) is 3. The van der Waals surface area contributed by atoms with E-state index in [0.717, 1.165) is 52.9 Å². The molecule has 0 heterocycles. The molecule has 0 atom stereocenters. The lowest BCUT2D eigenvalue weighted by molar-refractivity contribution is 0.145. The van der Waals surface area contributed by atoms with E-state index in [-0.39, 0.29) is 12.4 Å². The van der Waals surface area contributed by atoms with Gasteiger partial charge in [0.25, 0.3) is 0 Å². The van der Waals surface area contributed by atoms with Crippen LogP contribution in [0.25, 0.3) is 10.8 Å². The Hall–Kier alpha value is -2.71. The normalized spacial score (nSPS) is 10.3. The van der Waals surface area contributed by atoms with Crippen molar-refractivity contribution in [3.05, 3.63) is 65.7 Å². The fourth-order valence-electron chi connectivity index (χ4n) is 3.28. The molecule has 0 radical (unpaired) electrons. The number of anilines is 2. The first-order valence-electron chi connectivity index (χ1n) is 9.75. The summed E-state index contributed by atoms with van der Waals surface area (Å²) in [6.45, 7) is 1.79. The van der Waals surface area contributed by atoms with Gasteiger partial charge in [0, 0.05) is 43.2 Å². The number of halogens is 1. The van der Waals surface area contributed by atoms with Crippen molar-refractivity contribution >= 4 is 34.6 Å². The Morgan fingerprint density at radius 2 is 1.73 bits per heavy atom. The van der Waals surface area contributed by atoms with E-state index in [1.54, 1.807) is 14.2 Å². The molecule has 0 fully saturated rings. The minimum absolute atomic E-state index is 0. The summed E-state index contributed by atoms with van der Waals surface area (Å²) in [6, 6.07) is 18.4. The zero-order valence-electron chi connectivity index (χ0n) is 17.4. The number of benzene rings is 3. The molecule has 0 saturated carbocycles. The van der Waals surface area contributed by atoms with Gasteiger partial charge in [0.15, 0.2) is 0 Å². The number of nitrogens with one attached hydrogen (secondary N) is 1. The number of rotatable bonds is 10. The van der Waals surface area contributed by atoms with Crippen LogP contribution >= 0.6 is 12.4 Å². The first-order chi connectivity index (χ1) is 14.2. The van der Waals surface area contributed by atoms with Crippen LogP contribution in [0.5, 0.6) is 5.75 Å². The molecule has 3 rings (SSSR count). The van der Waals surface area contributed by atoms with Crippen LogP contribution in [0.15, 0.2) is 54.6 Å². The lowest BCUT2D eigenvalue weighted by atomic mass is 10.0. The van der Waals surface area contributed by atoms with Crippen LogP contribution in [0, 0.1) is 12.3 Å². The Bertz CT molecular complexity index is 997. The Labute approximate surface area is 184 Å². The Morgan fingerprint density at radius 3 is 2.50 bits per heavy atom. The van der Waals surface area contributed by atoms with Gasteiger partial charge in [0.2, 0.25) is 0 Å². The second-order valence-corrected chi connectivity index (χ2v) is 6.77. The molecule has 4 nitrogen and oxygen atoms in total. The zero-order chi connectivity index (χ0) is 20.5. The molecule has 0 aromatic heterocycles. The minimum Gasteiger partial charge on any atom is -0.491 e. The molecule has 0 aliphatic carbocycles. The van der Waals surface area contributed by atoms with Crippen LogP contribution < -0.4 is 10.1 Å². The lowest BCUT2D eigenvalue weighted by Crippen LogP contribution is -2.06. The van der Waals surface area contributed by atoms with Crippen LogP contribution in [-0.2, 0) is 15.9 Å². The molecule has 30 heavy (non-hydrogen) atoms. The van der Waals surface area contributed by atoms with E-state index >= 15 is 0 Å². The molecular weight excluding hydrogens is 398 g/mol. The van der Waals surface area contributed by atoms with Crippen molar-refractivity contribution < 1.29 is 14.2 Å². The third-order valence-electron chi connectivity index (χ3n) is 4.71. The van der Waals surface area contributed by atoms with Crippen LogP contribution in [0.3, 0.4) is 0 Å². The molecule has 0 spiro atoms. The van der Waals surface area contributed by atoms with Gasteiger partial charge >= 0.3 is 0 Å². The zero-order valence-corrected chi connectivity index (χ0v) is 18.3. The summed E-state index contributed by atoms with van der Waals surface area (Å²) in [5, 5.41) is 5.75. The van der Waals surface area contributed by atoms with Crippen molar-refractivity contribution in [2.45, 2.75) is 12.8 Å². The number of hydrogen-bond acceptors (Lipinski definition) is 4. The summed E-state index contributed by atoms with van der Waals surface area (Å²) < 4.78 is 16.4. The third-order valence-corrected chi connectivity index (χ3v) is 4.71. The maximum absolute atomic E-state index is 6.04. The summed E-state index contributed by atoms with van der Waals surface area (Å²) in [7, 11) is 3.40. The average molecular weight is 426 g/mol. The molecule has 5 heteroatoms. The number of terminal acetylenes is 1. The molecule has 0 saturated heterocycles. The number of aryl methyl sites for hydroxylation is 1. The first-order valence-corrected chi connectivity index (χ1v) is 9.75. The number of hydrogen-bond donors (Lipinski definition) is 1. The van der Waals surface area contributed by atoms with Crippen molar-refractivity contribution in [3.8, 4) is 18.1 Å². The molecule has 0 aliphatic rings. The molecule has 0 unspecified atom stereocenters. The van der Waals surface area contributed by atoms with Gasteiger partial charge in [-0.25, -0.2) is 0 Å². The number of fused-ring (bicyclic) bond motifs is 1. The number of methoxy groups -OCH3 is 2. The third kappa shape index (κ3) is 6.14. The summed E-state index contributed by atoms with van der Waals surface area (Å²) >= 11 is 0. The van der Waals surface area contributed by atoms with Gasteiger partial charge in [-0.2, -0.15) is 0 Å². The first kappa shape index (κ1) is 23.6. The maximum Gasteiger partial charge on any atom is 0.123 e. The smallest absolute Gasteiger partial charge is 0.123 e. The van der Waals surface area contributed by atoms with E-state index in [2.05, 4.69) is 41.6 Å². The lowest BCUT2D eigenvalue weighted by Gasteiger charge is -2.16. The summed E-state index contributed by atoms with van der Waals surface area (Å²) in [4.78, 5) is 0. The largest absolute Gasteiger partial charge is 0.491 e. The van der Waals surface area contributed by atoms with E-state index < -0.39 is 0 Å². The highest BCUT2D eigenvalue weighted by Gasteiger charge is 2.10. The highest BCUT2D eigenvalue weighted by atomic mass is 35.5. The summed E-state index contributed by atoms with van der Waals surface area (Å²) in [6.07, 6.45) is 7.37. The highest BCUT2D eigenvalue weighted by Crippen LogP contribution is 2.33. The molecule has 158 valence electrons. The standard InChI is InChI=1S/C25H27NO3.ClH/c1-4-19-8-5-11-22(16-19)26-24-12-6-9-20-17-21(10-7-13-27-2)25(18-23(20)24)29-15-14-28-3;/h1,5-6,8-9,11-12,16-18,26H,7,10,13-15H2,2-3H3;1H. The van der Waals surface area contributed by atoms with Gasteiger partial charge < -0.3 is 19.5 Å². The topological polar surface area (TPSA) is 39.7 Å². The van der Waals surface area contributed by atoms with Gasteiger partial charge in [-0.1, -0.05) is 24.1 Å². The Balaban J connectivity index is 0.00000320. The second-order valence-electron chi connectivity index (χ2n) is 6.77. The van der Waals surface area contributed by atoms with E-state index in [9.17, 15) is 0 Å². The van der Waals surface area contributed by atoms with Gasteiger partial charge in [-0.3, -0.25) is 0 Å². The fourth-order valence-corrected chi connectivity index (χ4v) is 3.28. The van der Waals surface area contributed by atoms with E-state index in [1.807, 2.05) is 24.3 Å². The van der Waals surface area contributed by atoms with Gasteiger partial charge in [-0.05, 0) is 60.2 Å². The summed E-state index contributed by atoms with van der Waals surface area (Å²) in [5.41, 5.74) is 3.99. The van der Waals surface area contributed by atoms with Crippen LogP contribution in [-0.4, -0.2) is 34.0 Å². The van der Waals surface area contributed by atoms with Crippen molar-refractivity contribution in [2.24, 2.45) is 0 Å². The maximum atomic E-state index is 6.04.